The van der Waals surface area contributed by atoms with Crippen LogP contribution in [0.1, 0.15) is 24.9 Å². The second kappa shape index (κ2) is 5.10. The summed E-state index contributed by atoms with van der Waals surface area (Å²) in [7, 11) is 0. The summed E-state index contributed by atoms with van der Waals surface area (Å²) in [4.78, 5) is 4.14. The van der Waals surface area contributed by atoms with Gasteiger partial charge in [0.05, 0.1) is 6.07 Å². The summed E-state index contributed by atoms with van der Waals surface area (Å²) in [6.07, 6.45) is 2.64. The molecule has 1 aromatic rings. The van der Waals surface area contributed by atoms with E-state index in [9.17, 15) is 0 Å². The molecule has 0 aliphatic rings. The molecule has 0 spiro atoms. The monoisotopic (exact) mass is 172 g/mol. The van der Waals surface area contributed by atoms with Gasteiger partial charge >= 0.3 is 0 Å². The third kappa shape index (κ3) is 2.72. The Morgan fingerprint density at radius 1 is 1.46 bits per heavy atom. The molecule has 1 rings (SSSR count). The Balaban J connectivity index is 2.81. The van der Waals surface area contributed by atoms with E-state index >= 15 is 0 Å². The summed E-state index contributed by atoms with van der Waals surface area (Å²) in [5, 5.41) is 8.84. The molecule has 0 aliphatic heterocycles. The summed E-state index contributed by atoms with van der Waals surface area (Å²) in [5.41, 5.74) is 0.953. The molecular weight excluding hydrogens is 160 g/mol. The first kappa shape index (κ1) is 9.47. The van der Waals surface area contributed by atoms with Crippen LogP contribution in [0.4, 0.5) is 0 Å². The maximum atomic E-state index is 8.84. The molecule has 2 heteroatoms. The Hall–Kier alpha value is -1.62. The first-order valence-corrected chi connectivity index (χ1v) is 4.34. The Labute approximate surface area is 78.5 Å². The SMILES string of the molecule is CCC=NC(C#N)c1ccccc1. The minimum atomic E-state index is -0.346. The fraction of sp³-hybridized carbons (Fsp3) is 0.273. The molecule has 0 fully saturated rings. The van der Waals surface area contributed by atoms with Crippen LogP contribution >= 0.6 is 0 Å². The highest BCUT2D eigenvalue weighted by Gasteiger charge is 2.04. The lowest BCUT2D eigenvalue weighted by atomic mass is 10.1. The van der Waals surface area contributed by atoms with Crippen LogP contribution in [0.15, 0.2) is 35.3 Å². The summed E-state index contributed by atoms with van der Waals surface area (Å²) in [5.74, 6) is 0. The Kier molecular flexibility index (Phi) is 3.72. The molecule has 0 aliphatic carbocycles. The van der Waals surface area contributed by atoms with Crippen LogP contribution in [0, 0.1) is 11.3 Å². The Morgan fingerprint density at radius 2 is 2.15 bits per heavy atom. The molecule has 1 aromatic carbocycles. The number of benzene rings is 1. The van der Waals surface area contributed by atoms with Gasteiger partial charge in [-0.15, -0.1) is 0 Å². The lowest BCUT2D eigenvalue weighted by Gasteiger charge is -2.01. The number of nitrogens with zero attached hydrogens (tertiary/aromatic N) is 2. The lowest BCUT2D eigenvalue weighted by Crippen LogP contribution is -1.91. The number of nitriles is 1. The molecule has 0 saturated heterocycles. The van der Waals surface area contributed by atoms with Crippen molar-refractivity contribution in [3.63, 3.8) is 0 Å². The van der Waals surface area contributed by atoms with E-state index in [0.717, 1.165) is 12.0 Å². The van der Waals surface area contributed by atoms with Crippen LogP contribution in [0.3, 0.4) is 0 Å². The molecule has 0 heterocycles. The molecule has 13 heavy (non-hydrogen) atoms. The van der Waals surface area contributed by atoms with Crippen LogP contribution < -0.4 is 0 Å². The number of hydrogen-bond donors (Lipinski definition) is 0. The van der Waals surface area contributed by atoms with Gasteiger partial charge in [0.1, 0.15) is 0 Å². The zero-order valence-corrected chi connectivity index (χ0v) is 7.64. The molecule has 0 radical (unpaired) electrons. The zero-order chi connectivity index (χ0) is 9.52. The summed E-state index contributed by atoms with van der Waals surface area (Å²) >= 11 is 0. The van der Waals surface area contributed by atoms with Crippen molar-refractivity contribution in [1.82, 2.24) is 0 Å². The molecule has 0 saturated carbocycles. The van der Waals surface area contributed by atoms with Crippen molar-refractivity contribution in [3.8, 4) is 6.07 Å². The molecule has 0 aromatic heterocycles. The van der Waals surface area contributed by atoms with E-state index in [2.05, 4.69) is 11.1 Å². The van der Waals surface area contributed by atoms with E-state index in [1.54, 1.807) is 6.21 Å². The van der Waals surface area contributed by atoms with Crippen molar-refractivity contribution >= 4 is 6.21 Å². The van der Waals surface area contributed by atoms with Gasteiger partial charge in [-0.05, 0) is 12.0 Å². The van der Waals surface area contributed by atoms with Crippen LogP contribution in [-0.2, 0) is 0 Å². The van der Waals surface area contributed by atoms with Crippen LogP contribution in [0.25, 0.3) is 0 Å². The highest BCUT2D eigenvalue weighted by atomic mass is 14.8. The van der Waals surface area contributed by atoms with Crippen molar-refractivity contribution in [2.75, 3.05) is 0 Å². The Morgan fingerprint density at radius 3 is 2.69 bits per heavy atom. The van der Waals surface area contributed by atoms with Gasteiger partial charge in [0.15, 0.2) is 6.04 Å². The quantitative estimate of drug-likeness (QED) is 0.646. The number of rotatable bonds is 3. The minimum absolute atomic E-state index is 0.346. The van der Waals surface area contributed by atoms with Gasteiger partial charge in [-0.25, -0.2) is 0 Å². The van der Waals surface area contributed by atoms with Crippen molar-refractivity contribution in [2.24, 2.45) is 4.99 Å². The van der Waals surface area contributed by atoms with E-state index in [1.807, 2.05) is 37.3 Å². The number of aliphatic imine (C=N–C) groups is 1. The van der Waals surface area contributed by atoms with Crippen LogP contribution in [-0.4, -0.2) is 6.21 Å². The van der Waals surface area contributed by atoms with Crippen molar-refractivity contribution in [3.05, 3.63) is 35.9 Å². The van der Waals surface area contributed by atoms with Gasteiger partial charge in [-0.2, -0.15) is 5.26 Å². The topological polar surface area (TPSA) is 36.1 Å². The summed E-state index contributed by atoms with van der Waals surface area (Å²) in [6.45, 7) is 2.00. The van der Waals surface area contributed by atoms with E-state index in [1.165, 1.54) is 0 Å². The van der Waals surface area contributed by atoms with Crippen molar-refractivity contribution in [1.29, 1.82) is 5.26 Å². The van der Waals surface area contributed by atoms with Gasteiger partial charge in [0, 0.05) is 6.21 Å². The fourth-order valence-corrected chi connectivity index (χ4v) is 1.04. The average molecular weight is 172 g/mol. The lowest BCUT2D eigenvalue weighted by molar-refractivity contribution is 0.926. The maximum Gasteiger partial charge on any atom is 0.161 e. The van der Waals surface area contributed by atoms with Crippen molar-refractivity contribution in [2.45, 2.75) is 19.4 Å². The molecule has 66 valence electrons. The van der Waals surface area contributed by atoms with E-state index in [4.69, 9.17) is 5.26 Å². The third-order valence-corrected chi connectivity index (χ3v) is 1.67. The van der Waals surface area contributed by atoms with Crippen LogP contribution in [0.5, 0.6) is 0 Å². The maximum absolute atomic E-state index is 8.84. The van der Waals surface area contributed by atoms with E-state index in [0.29, 0.717) is 0 Å². The molecule has 0 amide bonds. The fourth-order valence-electron chi connectivity index (χ4n) is 1.04. The summed E-state index contributed by atoms with van der Waals surface area (Å²) < 4.78 is 0. The average Bonchev–Trinajstić information content (AvgIpc) is 2.21. The summed E-state index contributed by atoms with van der Waals surface area (Å²) in [6, 6.07) is 11.4. The third-order valence-electron chi connectivity index (χ3n) is 1.67. The molecule has 0 N–H and O–H groups in total. The van der Waals surface area contributed by atoms with E-state index in [-0.39, 0.29) is 6.04 Å². The molecular formula is C11H12N2. The standard InChI is InChI=1S/C11H12N2/c1-2-8-13-11(9-12)10-6-4-3-5-7-10/h3-8,11H,2H2,1H3. The zero-order valence-electron chi connectivity index (χ0n) is 7.64. The minimum Gasteiger partial charge on any atom is -0.274 e. The molecule has 1 atom stereocenters. The second-order valence-electron chi connectivity index (χ2n) is 2.68. The predicted molar refractivity (Wildman–Crippen MR) is 53.6 cm³/mol. The van der Waals surface area contributed by atoms with Crippen molar-refractivity contribution < 1.29 is 0 Å². The Bertz CT molecular complexity index is 309. The van der Waals surface area contributed by atoms with Gasteiger partial charge in [0.25, 0.3) is 0 Å². The first-order chi connectivity index (χ1) is 6.38. The molecule has 2 nitrogen and oxygen atoms in total. The van der Waals surface area contributed by atoms with Gasteiger partial charge < -0.3 is 0 Å². The predicted octanol–water partition coefficient (Wildman–Crippen LogP) is 2.73. The molecule has 1 unspecified atom stereocenters. The van der Waals surface area contributed by atoms with Gasteiger partial charge in [-0.1, -0.05) is 37.3 Å². The normalized spacial score (nSPS) is 12.6. The van der Waals surface area contributed by atoms with Crippen LogP contribution in [0.2, 0.25) is 0 Å². The molecule has 0 bridgehead atoms. The smallest absolute Gasteiger partial charge is 0.161 e. The number of hydrogen-bond acceptors (Lipinski definition) is 2. The van der Waals surface area contributed by atoms with Gasteiger partial charge in [0.2, 0.25) is 0 Å². The first-order valence-electron chi connectivity index (χ1n) is 4.34. The van der Waals surface area contributed by atoms with E-state index < -0.39 is 0 Å². The highest BCUT2D eigenvalue weighted by Crippen LogP contribution is 2.14. The second-order valence-corrected chi connectivity index (χ2v) is 2.68. The van der Waals surface area contributed by atoms with Gasteiger partial charge in [-0.3, -0.25) is 4.99 Å². The largest absolute Gasteiger partial charge is 0.274 e. The highest BCUT2D eigenvalue weighted by molar-refractivity contribution is 5.57.